The average Bonchev–Trinajstić information content (AvgIpc) is 2.30. The fourth-order valence-corrected chi connectivity index (χ4v) is 2.51. The van der Waals surface area contributed by atoms with Gasteiger partial charge in [-0.1, -0.05) is 11.6 Å². The summed E-state index contributed by atoms with van der Waals surface area (Å²) in [4.78, 5) is 6.42. The Labute approximate surface area is 106 Å². The molecular formula is C12H15ClN4. The summed E-state index contributed by atoms with van der Waals surface area (Å²) in [5, 5.41) is 9.39. The molecule has 1 aromatic heterocycles. The van der Waals surface area contributed by atoms with Gasteiger partial charge in [0.05, 0.1) is 5.56 Å². The van der Waals surface area contributed by atoms with Crippen molar-refractivity contribution in [1.82, 2.24) is 4.98 Å². The summed E-state index contributed by atoms with van der Waals surface area (Å²) in [6.07, 6.45) is 3.48. The molecule has 1 aliphatic rings. The number of pyridine rings is 1. The van der Waals surface area contributed by atoms with Crippen LogP contribution in [-0.4, -0.2) is 23.6 Å². The molecule has 1 aromatic rings. The van der Waals surface area contributed by atoms with Crippen LogP contribution in [0.2, 0.25) is 5.02 Å². The summed E-state index contributed by atoms with van der Waals surface area (Å²) in [6, 6.07) is 4.26. The van der Waals surface area contributed by atoms with E-state index in [1.165, 1.54) is 0 Å². The maximum absolute atomic E-state index is 8.95. The highest BCUT2D eigenvalue weighted by molar-refractivity contribution is 6.34. The Kier molecular flexibility index (Phi) is 3.51. The van der Waals surface area contributed by atoms with Crippen LogP contribution in [0.1, 0.15) is 25.3 Å². The normalized spacial score (nSPS) is 24.5. The first-order valence-electron chi connectivity index (χ1n) is 5.70. The van der Waals surface area contributed by atoms with Crippen LogP contribution in [0, 0.1) is 11.3 Å². The molecule has 0 spiro atoms. The molecule has 2 N–H and O–H groups in total. The van der Waals surface area contributed by atoms with Crippen molar-refractivity contribution >= 4 is 17.4 Å². The number of rotatable bonds is 1. The summed E-state index contributed by atoms with van der Waals surface area (Å²) in [6.45, 7) is 2.94. The Hall–Kier alpha value is -1.31. The van der Waals surface area contributed by atoms with Crippen LogP contribution in [0.4, 0.5) is 5.82 Å². The molecule has 1 aliphatic heterocycles. The van der Waals surface area contributed by atoms with Crippen LogP contribution in [0.15, 0.2) is 12.3 Å². The number of hydrogen-bond acceptors (Lipinski definition) is 4. The van der Waals surface area contributed by atoms with Crippen molar-refractivity contribution in [1.29, 1.82) is 5.26 Å². The lowest BCUT2D eigenvalue weighted by Crippen LogP contribution is -2.46. The van der Waals surface area contributed by atoms with Crippen LogP contribution in [-0.2, 0) is 0 Å². The Balaban J connectivity index is 2.32. The SMILES string of the molecule is CC1CC(N)CCN1c1nccc(C#N)c1Cl. The molecule has 0 saturated carbocycles. The van der Waals surface area contributed by atoms with E-state index in [-0.39, 0.29) is 6.04 Å². The number of halogens is 1. The quantitative estimate of drug-likeness (QED) is 0.827. The molecule has 5 heteroatoms. The maximum Gasteiger partial charge on any atom is 0.148 e. The molecule has 1 fully saturated rings. The third kappa shape index (κ3) is 2.36. The minimum absolute atomic E-state index is 0.249. The van der Waals surface area contributed by atoms with Gasteiger partial charge in [-0.25, -0.2) is 4.98 Å². The van der Waals surface area contributed by atoms with Crippen molar-refractivity contribution in [2.24, 2.45) is 5.73 Å². The lowest BCUT2D eigenvalue weighted by molar-refractivity contribution is 0.427. The Morgan fingerprint density at radius 3 is 3.06 bits per heavy atom. The van der Waals surface area contributed by atoms with Crippen molar-refractivity contribution in [3.8, 4) is 6.07 Å². The van der Waals surface area contributed by atoms with Gasteiger partial charge in [0.15, 0.2) is 0 Å². The molecule has 17 heavy (non-hydrogen) atoms. The molecule has 2 rings (SSSR count). The molecular weight excluding hydrogens is 236 g/mol. The zero-order valence-corrected chi connectivity index (χ0v) is 10.5. The molecule has 90 valence electrons. The number of hydrogen-bond donors (Lipinski definition) is 1. The van der Waals surface area contributed by atoms with Gasteiger partial charge in [0.1, 0.15) is 16.9 Å². The predicted molar refractivity (Wildman–Crippen MR) is 68.0 cm³/mol. The highest BCUT2D eigenvalue weighted by Crippen LogP contribution is 2.30. The van der Waals surface area contributed by atoms with Gasteiger partial charge in [-0.15, -0.1) is 0 Å². The molecule has 0 aliphatic carbocycles. The zero-order valence-electron chi connectivity index (χ0n) is 9.73. The van der Waals surface area contributed by atoms with Crippen LogP contribution in [0.3, 0.4) is 0 Å². The Morgan fingerprint density at radius 1 is 1.65 bits per heavy atom. The van der Waals surface area contributed by atoms with Crippen LogP contribution in [0.5, 0.6) is 0 Å². The van der Waals surface area contributed by atoms with E-state index >= 15 is 0 Å². The van der Waals surface area contributed by atoms with Crippen molar-refractivity contribution in [3.05, 3.63) is 22.8 Å². The highest BCUT2D eigenvalue weighted by Gasteiger charge is 2.26. The summed E-state index contributed by atoms with van der Waals surface area (Å²) in [5.74, 6) is 0.699. The summed E-state index contributed by atoms with van der Waals surface area (Å²) < 4.78 is 0. The molecule has 1 saturated heterocycles. The Bertz CT molecular complexity index is 454. The van der Waals surface area contributed by atoms with E-state index in [1.54, 1.807) is 12.3 Å². The topological polar surface area (TPSA) is 65.9 Å². The highest BCUT2D eigenvalue weighted by atomic mass is 35.5. The van der Waals surface area contributed by atoms with Gasteiger partial charge in [0, 0.05) is 24.8 Å². The minimum Gasteiger partial charge on any atom is -0.353 e. The zero-order chi connectivity index (χ0) is 12.4. The van der Waals surface area contributed by atoms with E-state index in [9.17, 15) is 0 Å². The first-order chi connectivity index (χ1) is 8.13. The van der Waals surface area contributed by atoms with Gasteiger partial charge in [0.2, 0.25) is 0 Å². The second-order valence-corrected chi connectivity index (χ2v) is 4.81. The van der Waals surface area contributed by atoms with Crippen LogP contribution in [0.25, 0.3) is 0 Å². The Morgan fingerprint density at radius 2 is 2.41 bits per heavy atom. The lowest BCUT2D eigenvalue weighted by Gasteiger charge is -2.37. The number of aromatic nitrogens is 1. The molecule has 4 nitrogen and oxygen atoms in total. The number of piperidine rings is 1. The second-order valence-electron chi connectivity index (χ2n) is 4.43. The third-order valence-corrected chi connectivity index (χ3v) is 3.55. The first-order valence-corrected chi connectivity index (χ1v) is 6.08. The van der Waals surface area contributed by atoms with Gasteiger partial charge >= 0.3 is 0 Å². The lowest BCUT2D eigenvalue weighted by atomic mass is 9.99. The largest absolute Gasteiger partial charge is 0.353 e. The van der Waals surface area contributed by atoms with E-state index in [2.05, 4.69) is 22.9 Å². The minimum atomic E-state index is 0.249. The van der Waals surface area contributed by atoms with E-state index in [4.69, 9.17) is 22.6 Å². The van der Waals surface area contributed by atoms with Crippen LogP contribution >= 0.6 is 11.6 Å². The fraction of sp³-hybridized carbons (Fsp3) is 0.500. The molecule has 0 aromatic carbocycles. The van der Waals surface area contributed by atoms with Gasteiger partial charge < -0.3 is 10.6 Å². The van der Waals surface area contributed by atoms with E-state index < -0.39 is 0 Å². The smallest absolute Gasteiger partial charge is 0.148 e. The molecule has 2 unspecified atom stereocenters. The van der Waals surface area contributed by atoms with Gasteiger partial charge in [-0.05, 0) is 25.8 Å². The number of nitrogens with zero attached hydrogens (tertiary/aromatic N) is 3. The van der Waals surface area contributed by atoms with Crippen molar-refractivity contribution in [3.63, 3.8) is 0 Å². The summed E-state index contributed by atoms with van der Waals surface area (Å²) in [7, 11) is 0. The third-order valence-electron chi connectivity index (χ3n) is 3.18. The molecule has 2 heterocycles. The number of nitrogens with two attached hydrogens (primary N) is 1. The predicted octanol–water partition coefficient (Wildman–Crippen LogP) is 1.92. The monoisotopic (exact) mass is 250 g/mol. The number of nitriles is 1. The molecule has 0 radical (unpaired) electrons. The first kappa shape index (κ1) is 12.2. The standard InChI is InChI=1S/C12H15ClN4/c1-8-6-10(15)3-5-17(8)12-11(13)9(7-14)2-4-16-12/h2,4,8,10H,3,5-6,15H2,1H3. The van der Waals surface area contributed by atoms with Crippen molar-refractivity contribution in [2.75, 3.05) is 11.4 Å². The molecule has 2 atom stereocenters. The van der Waals surface area contributed by atoms with E-state index in [0.717, 1.165) is 19.4 Å². The fourth-order valence-electron chi connectivity index (χ4n) is 2.24. The maximum atomic E-state index is 8.95. The summed E-state index contributed by atoms with van der Waals surface area (Å²) in [5.41, 5.74) is 6.40. The average molecular weight is 251 g/mol. The molecule has 0 amide bonds. The summed E-state index contributed by atoms with van der Waals surface area (Å²) >= 11 is 6.19. The second kappa shape index (κ2) is 4.91. The number of anilines is 1. The van der Waals surface area contributed by atoms with Crippen molar-refractivity contribution < 1.29 is 0 Å². The van der Waals surface area contributed by atoms with Crippen LogP contribution < -0.4 is 10.6 Å². The van der Waals surface area contributed by atoms with Gasteiger partial charge in [0.25, 0.3) is 0 Å². The van der Waals surface area contributed by atoms with Crippen molar-refractivity contribution in [2.45, 2.75) is 31.8 Å². The van der Waals surface area contributed by atoms with Gasteiger partial charge in [-0.3, -0.25) is 0 Å². The van der Waals surface area contributed by atoms with E-state index in [0.29, 0.717) is 22.4 Å². The van der Waals surface area contributed by atoms with E-state index in [1.807, 2.05) is 0 Å². The molecule has 0 bridgehead atoms. The van der Waals surface area contributed by atoms with Gasteiger partial charge in [-0.2, -0.15) is 5.26 Å².